The smallest absolute Gasteiger partial charge is 0.317 e. The summed E-state index contributed by atoms with van der Waals surface area (Å²) >= 11 is 0. The Bertz CT molecular complexity index is 563. The predicted octanol–water partition coefficient (Wildman–Crippen LogP) is 2.89. The molecule has 1 saturated carbocycles. The van der Waals surface area contributed by atoms with Crippen LogP contribution in [0.15, 0.2) is 24.5 Å². The molecule has 1 atom stereocenters. The highest BCUT2D eigenvalue weighted by molar-refractivity contribution is 5.74. The van der Waals surface area contributed by atoms with Crippen molar-refractivity contribution >= 4 is 6.03 Å². The molecule has 1 unspecified atom stereocenters. The van der Waals surface area contributed by atoms with Crippen LogP contribution >= 0.6 is 0 Å². The molecule has 6 heteroatoms. The summed E-state index contributed by atoms with van der Waals surface area (Å²) in [6.07, 6.45) is 10.7. The zero-order valence-electron chi connectivity index (χ0n) is 16.6. The number of carbonyl (C=O) groups is 1. The van der Waals surface area contributed by atoms with Crippen molar-refractivity contribution in [3.8, 4) is 0 Å². The van der Waals surface area contributed by atoms with E-state index in [0.717, 1.165) is 57.6 Å². The Kier molecular flexibility index (Phi) is 7.90. The van der Waals surface area contributed by atoms with Crippen molar-refractivity contribution in [3.05, 3.63) is 30.1 Å². The lowest BCUT2D eigenvalue weighted by molar-refractivity contribution is 0.148. The molecule has 2 heterocycles. The minimum Gasteiger partial charge on any atom is -0.383 e. The lowest BCUT2D eigenvalue weighted by Gasteiger charge is -2.34. The third kappa shape index (κ3) is 6.18. The number of ether oxygens (including phenoxy) is 1. The fraction of sp³-hybridized carbons (Fsp3) is 0.714. The first-order chi connectivity index (χ1) is 13.3. The lowest BCUT2D eigenvalue weighted by atomic mass is 9.94. The van der Waals surface area contributed by atoms with Gasteiger partial charge in [-0.2, -0.15) is 0 Å². The van der Waals surface area contributed by atoms with Gasteiger partial charge in [-0.3, -0.25) is 4.98 Å². The Morgan fingerprint density at radius 3 is 2.78 bits per heavy atom. The van der Waals surface area contributed by atoms with E-state index in [-0.39, 0.29) is 6.03 Å². The van der Waals surface area contributed by atoms with Gasteiger partial charge in [0.2, 0.25) is 0 Å². The molecule has 3 rings (SSSR count). The molecule has 1 aromatic heterocycles. The van der Waals surface area contributed by atoms with Crippen LogP contribution in [0.25, 0.3) is 0 Å². The van der Waals surface area contributed by atoms with E-state index in [4.69, 9.17) is 4.74 Å². The number of carbonyl (C=O) groups excluding carboxylic acids is 1. The summed E-state index contributed by atoms with van der Waals surface area (Å²) in [6.45, 7) is 5.36. The second-order valence-corrected chi connectivity index (χ2v) is 7.91. The summed E-state index contributed by atoms with van der Waals surface area (Å²) < 4.78 is 5.17. The van der Waals surface area contributed by atoms with Crippen LogP contribution in [-0.2, 0) is 11.3 Å². The minimum atomic E-state index is 0.0917. The molecule has 1 aromatic rings. The van der Waals surface area contributed by atoms with Crippen LogP contribution in [0.2, 0.25) is 0 Å². The summed E-state index contributed by atoms with van der Waals surface area (Å²) in [5.74, 6) is 0.542. The first kappa shape index (κ1) is 20.1. The van der Waals surface area contributed by atoms with Crippen molar-refractivity contribution in [1.82, 2.24) is 20.1 Å². The average molecular weight is 375 g/mol. The fourth-order valence-electron chi connectivity index (χ4n) is 4.28. The highest BCUT2D eigenvalue weighted by atomic mass is 16.5. The molecule has 1 saturated heterocycles. The Labute approximate surface area is 163 Å². The molecular formula is C21H34N4O2. The highest BCUT2D eigenvalue weighted by Gasteiger charge is 2.27. The number of nitrogens with one attached hydrogen (secondary N) is 1. The van der Waals surface area contributed by atoms with Crippen molar-refractivity contribution in [1.29, 1.82) is 0 Å². The van der Waals surface area contributed by atoms with Crippen molar-refractivity contribution in [3.63, 3.8) is 0 Å². The van der Waals surface area contributed by atoms with E-state index in [0.29, 0.717) is 18.5 Å². The van der Waals surface area contributed by atoms with E-state index in [2.05, 4.69) is 20.1 Å². The zero-order chi connectivity index (χ0) is 18.9. The molecule has 0 spiro atoms. The number of urea groups is 1. The van der Waals surface area contributed by atoms with Gasteiger partial charge >= 0.3 is 6.03 Å². The normalized spacial score (nSPS) is 21.3. The topological polar surface area (TPSA) is 57.7 Å². The van der Waals surface area contributed by atoms with E-state index in [9.17, 15) is 4.79 Å². The summed E-state index contributed by atoms with van der Waals surface area (Å²) in [6, 6.07) is 4.46. The Morgan fingerprint density at radius 2 is 2.04 bits per heavy atom. The maximum Gasteiger partial charge on any atom is 0.317 e. The van der Waals surface area contributed by atoms with E-state index >= 15 is 0 Å². The van der Waals surface area contributed by atoms with Gasteiger partial charge in [-0.15, -0.1) is 0 Å². The average Bonchev–Trinajstić information content (AvgIpc) is 3.18. The number of rotatable bonds is 8. The number of hydrogen-bond donors (Lipinski definition) is 1. The summed E-state index contributed by atoms with van der Waals surface area (Å²) in [7, 11) is 1.75. The number of nitrogens with zero attached hydrogens (tertiary/aromatic N) is 3. The number of amides is 2. The molecule has 2 amide bonds. The van der Waals surface area contributed by atoms with Crippen molar-refractivity contribution in [2.45, 2.75) is 51.1 Å². The molecule has 0 aromatic carbocycles. The standard InChI is InChI=1S/C21H34N4O2/c1-27-14-13-24-12-9-19(16-24)15-23-21(26)25(20-5-3-2-4-6-20)17-18-7-10-22-11-8-18/h7-8,10-11,19-20H,2-6,9,12-17H2,1H3,(H,23,26). The zero-order valence-corrected chi connectivity index (χ0v) is 16.6. The van der Waals surface area contributed by atoms with Crippen LogP contribution in [0, 0.1) is 5.92 Å². The van der Waals surface area contributed by atoms with Crippen molar-refractivity contribution < 1.29 is 9.53 Å². The maximum absolute atomic E-state index is 13.0. The molecule has 1 aliphatic carbocycles. The van der Waals surface area contributed by atoms with Crippen molar-refractivity contribution in [2.75, 3.05) is 39.9 Å². The summed E-state index contributed by atoms with van der Waals surface area (Å²) in [4.78, 5) is 21.6. The maximum atomic E-state index is 13.0. The van der Waals surface area contributed by atoms with Crippen LogP contribution in [0.3, 0.4) is 0 Å². The third-order valence-corrected chi connectivity index (χ3v) is 5.90. The number of aromatic nitrogens is 1. The van der Waals surface area contributed by atoms with Gasteiger partial charge in [0.15, 0.2) is 0 Å². The Morgan fingerprint density at radius 1 is 1.26 bits per heavy atom. The van der Waals surface area contributed by atoms with Gasteiger partial charge in [0.05, 0.1) is 6.61 Å². The molecular weight excluding hydrogens is 340 g/mol. The molecule has 1 N–H and O–H groups in total. The molecule has 0 bridgehead atoms. The SMILES string of the molecule is COCCN1CCC(CNC(=O)N(Cc2ccncc2)C2CCCCC2)C1. The van der Waals surface area contributed by atoms with Gasteiger partial charge in [0.1, 0.15) is 0 Å². The van der Waals surface area contributed by atoms with Crippen LogP contribution in [-0.4, -0.2) is 66.8 Å². The lowest BCUT2D eigenvalue weighted by Crippen LogP contribution is -2.47. The van der Waals surface area contributed by atoms with Crippen LogP contribution in [0.4, 0.5) is 4.79 Å². The number of hydrogen-bond acceptors (Lipinski definition) is 4. The molecule has 6 nitrogen and oxygen atoms in total. The van der Waals surface area contributed by atoms with Gasteiger partial charge < -0.3 is 19.9 Å². The number of methoxy groups -OCH3 is 1. The first-order valence-corrected chi connectivity index (χ1v) is 10.4. The second kappa shape index (κ2) is 10.6. The molecule has 1 aliphatic heterocycles. The summed E-state index contributed by atoms with van der Waals surface area (Å²) in [5.41, 5.74) is 1.15. The predicted molar refractivity (Wildman–Crippen MR) is 106 cm³/mol. The summed E-state index contributed by atoms with van der Waals surface area (Å²) in [5, 5.41) is 3.23. The Hall–Kier alpha value is -1.66. The number of pyridine rings is 1. The monoisotopic (exact) mass is 374 g/mol. The molecule has 150 valence electrons. The van der Waals surface area contributed by atoms with Crippen LogP contribution in [0.1, 0.15) is 44.1 Å². The minimum absolute atomic E-state index is 0.0917. The first-order valence-electron chi connectivity index (χ1n) is 10.4. The van der Waals surface area contributed by atoms with Gasteiger partial charge in [-0.25, -0.2) is 4.79 Å². The molecule has 2 aliphatic rings. The van der Waals surface area contributed by atoms with Gasteiger partial charge in [0, 0.05) is 51.7 Å². The molecule has 0 radical (unpaired) electrons. The van der Waals surface area contributed by atoms with E-state index < -0.39 is 0 Å². The molecule has 2 fully saturated rings. The van der Waals surface area contributed by atoms with Crippen LogP contribution in [0.5, 0.6) is 0 Å². The van der Waals surface area contributed by atoms with E-state index in [1.165, 1.54) is 19.3 Å². The number of likely N-dealkylation sites (tertiary alicyclic amines) is 1. The Balaban J connectivity index is 1.53. The molecule has 27 heavy (non-hydrogen) atoms. The third-order valence-electron chi connectivity index (χ3n) is 5.90. The van der Waals surface area contributed by atoms with E-state index in [1.807, 2.05) is 12.1 Å². The van der Waals surface area contributed by atoms with Crippen molar-refractivity contribution in [2.24, 2.45) is 5.92 Å². The quantitative estimate of drug-likeness (QED) is 0.760. The van der Waals surface area contributed by atoms with Gasteiger partial charge in [-0.1, -0.05) is 19.3 Å². The van der Waals surface area contributed by atoms with E-state index in [1.54, 1.807) is 19.5 Å². The van der Waals surface area contributed by atoms with Crippen LogP contribution < -0.4 is 5.32 Å². The van der Waals surface area contributed by atoms with Gasteiger partial charge in [0.25, 0.3) is 0 Å². The largest absolute Gasteiger partial charge is 0.383 e. The second-order valence-electron chi connectivity index (χ2n) is 7.91. The van der Waals surface area contributed by atoms with Gasteiger partial charge in [-0.05, 0) is 49.4 Å². The fourth-order valence-corrected chi connectivity index (χ4v) is 4.28. The highest BCUT2D eigenvalue weighted by Crippen LogP contribution is 2.24.